The van der Waals surface area contributed by atoms with E-state index in [4.69, 9.17) is 0 Å². The molecule has 1 heterocycles. The molecule has 9 aromatic carbocycles. The summed E-state index contributed by atoms with van der Waals surface area (Å²) in [5.41, 5.74) is 20.0. The van der Waals surface area contributed by atoms with Crippen LogP contribution in [0.4, 0.5) is 17.1 Å². The van der Waals surface area contributed by atoms with Gasteiger partial charge in [0.05, 0.1) is 16.7 Å². The molecule has 0 saturated carbocycles. The minimum absolute atomic E-state index is 1.01. The molecule has 294 valence electrons. The van der Waals surface area contributed by atoms with Crippen molar-refractivity contribution in [3.63, 3.8) is 0 Å². The number of fused-ring (bicyclic) bond motifs is 7. The van der Waals surface area contributed by atoms with Crippen molar-refractivity contribution in [3.8, 4) is 39.1 Å². The summed E-state index contributed by atoms with van der Waals surface area (Å²) < 4.78 is 2.43. The first-order valence-corrected chi connectivity index (χ1v) is 22.0. The molecule has 0 bridgehead atoms. The maximum atomic E-state index is 2.47. The second kappa shape index (κ2) is 15.1. The fraction of sp³-hybridized carbons (Fsp3) is 0.0667. The lowest BCUT2D eigenvalue weighted by Gasteiger charge is -2.31. The van der Waals surface area contributed by atoms with Crippen molar-refractivity contribution in [1.29, 1.82) is 0 Å². The van der Waals surface area contributed by atoms with Gasteiger partial charge in [-0.3, -0.25) is 0 Å². The van der Waals surface area contributed by atoms with Gasteiger partial charge >= 0.3 is 0 Å². The highest BCUT2D eigenvalue weighted by atomic mass is 15.1. The molecule has 2 aliphatic rings. The zero-order valence-corrected chi connectivity index (χ0v) is 34.5. The highest BCUT2D eigenvalue weighted by Crippen LogP contribution is 2.45. The van der Waals surface area contributed by atoms with E-state index in [1.165, 1.54) is 93.9 Å². The zero-order valence-electron chi connectivity index (χ0n) is 34.5. The van der Waals surface area contributed by atoms with E-state index in [-0.39, 0.29) is 0 Å². The fourth-order valence-electron chi connectivity index (χ4n) is 10.2. The van der Waals surface area contributed by atoms with Crippen LogP contribution in [0.25, 0.3) is 83.8 Å². The Labute approximate surface area is 363 Å². The number of aromatic nitrogens is 1. The molecule has 0 unspecified atom stereocenters. The lowest BCUT2D eigenvalue weighted by Crippen LogP contribution is -2.14. The van der Waals surface area contributed by atoms with E-state index in [9.17, 15) is 0 Å². The Hall–Kier alpha value is -7.68. The van der Waals surface area contributed by atoms with Crippen molar-refractivity contribution in [1.82, 2.24) is 4.57 Å². The first-order valence-electron chi connectivity index (χ1n) is 22.0. The van der Waals surface area contributed by atoms with Crippen LogP contribution < -0.4 is 4.90 Å². The standard InChI is InChI=1S/C60H44N2/c1-2-15-41(16-3-1)45-20-12-22-48(39-45)61(58-38-36-54(53-26-8-9-27-55(53)58)52-29-14-19-43-17-4-6-24-50(43)52)47-34-31-42(32-35-47)46-21-13-23-49(40-46)62-57-30-11-10-28-56(57)60-51-25-7-5-18-44(51)33-37-59(60)62/h1-3,5-7,9-16,18-25,27-40H,4,8,17,26H2. The van der Waals surface area contributed by atoms with Crippen LogP contribution in [0.1, 0.15) is 35.1 Å². The smallest absolute Gasteiger partial charge is 0.0547 e. The Morgan fingerprint density at radius 3 is 2.02 bits per heavy atom. The van der Waals surface area contributed by atoms with Crippen molar-refractivity contribution in [2.24, 2.45) is 0 Å². The lowest BCUT2D eigenvalue weighted by molar-refractivity contribution is 0.978. The number of hydrogen-bond acceptors (Lipinski definition) is 1. The number of allylic oxidation sites excluding steroid dienone is 2. The van der Waals surface area contributed by atoms with E-state index in [1.807, 2.05) is 0 Å². The van der Waals surface area contributed by atoms with Crippen LogP contribution >= 0.6 is 0 Å². The highest BCUT2D eigenvalue weighted by molar-refractivity contribution is 6.21. The third-order valence-electron chi connectivity index (χ3n) is 13.1. The van der Waals surface area contributed by atoms with E-state index in [2.05, 4.69) is 228 Å². The number of para-hydroxylation sites is 1. The molecule has 12 rings (SSSR count). The molecule has 2 aliphatic carbocycles. The molecule has 0 spiro atoms. The van der Waals surface area contributed by atoms with Crippen molar-refractivity contribution in [3.05, 3.63) is 229 Å². The summed E-state index contributed by atoms with van der Waals surface area (Å²) in [5, 5.41) is 5.12. The molecule has 0 atom stereocenters. The SMILES string of the molecule is C1=Cc2c(cccc2-c2ccc(N(c3ccc(-c4cccc(-n5c6ccccc6c6c7ccccc7ccc65)c4)cc3)c3cccc(-c4ccccc4)c3)c3c2CCC=C3)CC1. The van der Waals surface area contributed by atoms with Gasteiger partial charge in [0.25, 0.3) is 0 Å². The fourth-order valence-corrected chi connectivity index (χ4v) is 10.2. The molecule has 0 fully saturated rings. The van der Waals surface area contributed by atoms with Gasteiger partial charge in [0.2, 0.25) is 0 Å². The Kier molecular flexibility index (Phi) is 8.81. The van der Waals surface area contributed by atoms with Crippen molar-refractivity contribution >= 4 is 61.8 Å². The van der Waals surface area contributed by atoms with Crippen LogP contribution in [0.5, 0.6) is 0 Å². The van der Waals surface area contributed by atoms with Crippen LogP contribution in [0.15, 0.2) is 206 Å². The summed E-state index contributed by atoms with van der Waals surface area (Å²) in [7, 11) is 0. The molecule has 2 nitrogen and oxygen atoms in total. The largest absolute Gasteiger partial charge is 0.310 e. The molecule has 0 saturated heterocycles. The van der Waals surface area contributed by atoms with Crippen LogP contribution in [0.2, 0.25) is 0 Å². The summed E-state index contributed by atoms with van der Waals surface area (Å²) in [6.07, 6.45) is 13.7. The van der Waals surface area contributed by atoms with Gasteiger partial charge in [0.15, 0.2) is 0 Å². The van der Waals surface area contributed by atoms with Crippen LogP contribution in [0, 0.1) is 0 Å². The van der Waals surface area contributed by atoms with Gasteiger partial charge < -0.3 is 9.47 Å². The van der Waals surface area contributed by atoms with Crippen molar-refractivity contribution < 1.29 is 0 Å². The predicted octanol–water partition coefficient (Wildman–Crippen LogP) is 16.3. The second-order valence-corrected chi connectivity index (χ2v) is 16.7. The Morgan fingerprint density at radius 1 is 0.419 bits per heavy atom. The Morgan fingerprint density at radius 2 is 1.13 bits per heavy atom. The normalized spacial score (nSPS) is 13.1. The van der Waals surface area contributed by atoms with Gasteiger partial charge in [0, 0.05) is 33.4 Å². The quantitative estimate of drug-likeness (QED) is 0.156. The zero-order chi connectivity index (χ0) is 41.0. The minimum Gasteiger partial charge on any atom is -0.310 e. The summed E-state index contributed by atoms with van der Waals surface area (Å²) in [5.74, 6) is 0. The maximum absolute atomic E-state index is 2.47. The number of anilines is 3. The molecule has 0 N–H and O–H groups in total. The average molecular weight is 793 g/mol. The molecule has 2 heteroatoms. The van der Waals surface area contributed by atoms with Crippen LogP contribution in [-0.4, -0.2) is 4.57 Å². The van der Waals surface area contributed by atoms with E-state index in [1.54, 1.807) is 0 Å². The third-order valence-corrected chi connectivity index (χ3v) is 13.1. The van der Waals surface area contributed by atoms with Crippen LogP contribution in [-0.2, 0) is 12.8 Å². The first kappa shape index (κ1) is 36.2. The predicted molar refractivity (Wildman–Crippen MR) is 264 cm³/mol. The Balaban J connectivity index is 0.984. The molecule has 0 aliphatic heterocycles. The van der Waals surface area contributed by atoms with Crippen molar-refractivity contribution in [2.75, 3.05) is 4.90 Å². The third kappa shape index (κ3) is 6.10. The molecule has 10 aromatic rings. The number of rotatable bonds is 7. The molecular formula is C60H44N2. The highest BCUT2D eigenvalue weighted by Gasteiger charge is 2.24. The van der Waals surface area contributed by atoms with Gasteiger partial charge in [-0.25, -0.2) is 0 Å². The van der Waals surface area contributed by atoms with Gasteiger partial charge in [-0.05, 0) is 141 Å². The lowest BCUT2D eigenvalue weighted by atomic mass is 9.83. The number of nitrogens with zero attached hydrogens (tertiary/aromatic N) is 2. The minimum atomic E-state index is 1.01. The van der Waals surface area contributed by atoms with Gasteiger partial charge in [-0.15, -0.1) is 0 Å². The van der Waals surface area contributed by atoms with Gasteiger partial charge in [0.1, 0.15) is 0 Å². The molecule has 0 amide bonds. The molecule has 0 radical (unpaired) electrons. The van der Waals surface area contributed by atoms with Crippen molar-refractivity contribution in [2.45, 2.75) is 25.7 Å². The Bertz CT molecular complexity index is 3400. The van der Waals surface area contributed by atoms with E-state index in [0.29, 0.717) is 0 Å². The maximum Gasteiger partial charge on any atom is 0.0547 e. The number of benzene rings is 9. The summed E-state index contributed by atoms with van der Waals surface area (Å²) >= 11 is 0. The van der Waals surface area contributed by atoms with Gasteiger partial charge in [-0.1, -0.05) is 164 Å². The average Bonchev–Trinajstić information content (AvgIpc) is 3.70. The summed E-state index contributed by atoms with van der Waals surface area (Å²) in [6, 6.07) is 71.6. The molecular weight excluding hydrogens is 749 g/mol. The monoisotopic (exact) mass is 792 g/mol. The molecule has 1 aromatic heterocycles. The molecule has 62 heavy (non-hydrogen) atoms. The second-order valence-electron chi connectivity index (χ2n) is 16.7. The summed E-state index contributed by atoms with van der Waals surface area (Å²) in [4.78, 5) is 2.47. The van der Waals surface area contributed by atoms with E-state index in [0.717, 1.165) is 42.7 Å². The van der Waals surface area contributed by atoms with E-state index < -0.39 is 0 Å². The topological polar surface area (TPSA) is 8.17 Å². The number of hydrogen-bond donors (Lipinski definition) is 0. The summed E-state index contributed by atoms with van der Waals surface area (Å²) in [6.45, 7) is 0. The van der Waals surface area contributed by atoms with Crippen LogP contribution in [0.3, 0.4) is 0 Å². The number of aryl methyl sites for hydroxylation is 1. The van der Waals surface area contributed by atoms with Gasteiger partial charge in [-0.2, -0.15) is 0 Å². The first-order chi connectivity index (χ1) is 30.8. The van der Waals surface area contributed by atoms with E-state index >= 15 is 0 Å².